The van der Waals surface area contributed by atoms with Gasteiger partial charge in [-0.05, 0) is 56.5 Å². The monoisotopic (exact) mass is 418 g/mol. The van der Waals surface area contributed by atoms with Gasteiger partial charge in [-0.1, -0.05) is 6.07 Å². The van der Waals surface area contributed by atoms with Crippen LogP contribution in [-0.4, -0.2) is 56.4 Å². The molecule has 1 fully saturated rings. The van der Waals surface area contributed by atoms with Gasteiger partial charge in [-0.3, -0.25) is 4.90 Å². The minimum absolute atomic E-state index is 0.239. The summed E-state index contributed by atoms with van der Waals surface area (Å²) in [6, 6.07) is 12.7. The van der Waals surface area contributed by atoms with Gasteiger partial charge in [0.2, 0.25) is 0 Å². The van der Waals surface area contributed by atoms with Crippen LogP contribution in [0.3, 0.4) is 0 Å². The van der Waals surface area contributed by atoms with E-state index < -0.39 is 0 Å². The summed E-state index contributed by atoms with van der Waals surface area (Å²) in [6.45, 7) is 11.2. The Balaban J connectivity index is 1.35. The lowest BCUT2D eigenvalue weighted by molar-refractivity contribution is 0.128. The molecule has 154 valence electrons. The number of thiophene rings is 1. The van der Waals surface area contributed by atoms with Crippen molar-refractivity contribution in [1.82, 2.24) is 24.6 Å². The highest BCUT2D eigenvalue weighted by atomic mass is 32.1. The van der Waals surface area contributed by atoms with Crippen molar-refractivity contribution in [1.29, 1.82) is 0 Å². The lowest BCUT2D eigenvalue weighted by Crippen LogP contribution is -2.53. The molecule has 0 amide bonds. The smallest absolute Gasteiger partial charge is 0.170 e. The molecular formula is C23H26N6S. The number of hydrogen-bond donors (Lipinski definition) is 0. The number of benzene rings is 1. The second kappa shape index (κ2) is 7.49. The van der Waals surface area contributed by atoms with E-state index in [-0.39, 0.29) is 5.54 Å². The highest BCUT2D eigenvalue weighted by molar-refractivity contribution is 7.13. The first kappa shape index (κ1) is 19.2. The van der Waals surface area contributed by atoms with E-state index in [2.05, 4.69) is 69.9 Å². The van der Waals surface area contributed by atoms with E-state index in [9.17, 15) is 0 Å². The Kier molecular flexibility index (Phi) is 4.79. The van der Waals surface area contributed by atoms with Crippen molar-refractivity contribution in [2.45, 2.75) is 26.3 Å². The summed E-state index contributed by atoms with van der Waals surface area (Å²) in [7, 11) is 0. The molecule has 0 N–H and O–H groups in total. The van der Waals surface area contributed by atoms with Crippen LogP contribution in [-0.2, 0) is 0 Å². The van der Waals surface area contributed by atoms with Gasteiger partial charge in [-0.25, -0.2) is 14.6 Å². The van der Waals surface area contributed by atoms with Gasteiger partial charge in [0.25, 0.3) is 0 Å². The van der Waals surface area contributed by atoms with Gasteiger partial charge in [-0.2, -0.15) is 5.10 Å². The lowest BCUT2D eigenvalue weighted by Gasteiger charge is -2.43. The summed E-state index contributed by atoms with van der Waals surface area (Å²) in [5.74, 6) is 0.752. The maximum Gasteiger partial charge on any atom is 0.170 e. The summed E-state index contributed by atoms with van der Waals surface area (Å²) < 4.78 is 1.91. The number of piperazine rings is 1. The number of fused-ring (bicyclic) bond motifs is 1. The van der Waals surface area contributed by atoms with E-state index in [1.54, 1.807) is 11.3 Å². The normalized spacial score (nSPS) is 15.8. The predicted octanol–water partition coefficient (Wildman–Crippen LogP) is 4.46. The van der Waals surface area contributed by atoms with E-state index in [1.807, 2.05) is 34.6 Å². The zero-order valence-electron chi connectivity index (χ0n) is 17.6. The molecule has 7 heteroatoms. The molecule has 0 spiro atoms. The molecule has 1 aliphatic rings. The highest BCUT2D eigenvalue weighted by Gasteiger charge is 2.25. The van der Waals surface area contributed by atoms with Crippen LogP contribution in [0.25, 0.3) is 27.4 Å². The zero-order chi connectivity index (χ0) is 20.7. The van der Waals surface area contributed by atoms with Crippen LogP contribution < -0.4 is 4.90 Å². The molecule has 4 aromatic rings. The van der Waals surface area contributed by atoms with Gasteiger partial charge < -0.3 is 4.90 Å². The molecule has 1 aromatic carbocycles. The summed E-state index contributed by atoms with van der Waals surface area (Å²) in [6.07, 6.45) is 3.68. The molecular weight excluding hydrogens is 392 g/mol. The average molecular weight is 419 g/mol. The van der Waals surface area contributed by atoms with Crippen molar-refractivity contribution in [2.75, 3.05) is 31.1 Å². The summed E-state index contributed by atoms with van der Waals surface area (Å²) in [4.78, 5) is 15.3. The van der Waals surface area contributed by atoms with Gasteiger partial charge >= 0.3 is 0 Å². The first-order chi connectivity index (χ1) is 14.5. The van der Waals surface area contributed by atoms with Crippen molar-refractivity contribution < 1.29 is 0 Å². The van der Waals surface area contributed by atoms with E-state index in [1.165, 1.54) is 5.69 Å². The fourth-order valence-electron chi connectivity index (χ4n) is 3.99. The van der Waals surface area contributed by atoms with Crippen LogP contribution in [0.4, 0.5) is 5.69 Å². The molecule has 4 heterocycles. The van der Waals surface area contributed by atoms with Crippen molar-refractivity contribution >= 4 is 28.1 Å². The molecule has 5 rings (SSSR count). The predicted molar refractivity (Wildman–Crippen MR) is 124 cm³/mol. The Hall–Kier alpha value is -2.77. The molecule has 1 saturated heterocycles. The van der Waals surface area contributed by atoms with Gasteiger partial charge in [0, 0.05) is 37.4 Å². The standard InChI is InChI=1S/C23H26N6S/c1-23(2,3)28-12-10-27(11-13-28)17-6-8-18(9-7-17)29-20-16-24-22(21-5-4-14-30-21)26-19(20)15-25-29/h4-9,14-16H,10-13H2,1-3H3. The van der Waals surface area contributed by atoms with Gasteiger partial charge in [0.1, 0.15) is 11.0 Å². The fourth-order valence-corrected chi connectivity index (χ4v) is 4.66. The van der Waals surface area contributed by atoms with Crippen LogP contribution in [0.5, 0.6) is 0 Å². The lowest BCUT2D eigenvalue weighted by atomic mass is 10.0. The quantitative estimate of drug-likeness (QED) is 0.491. The molecule has 0 aliphatic carbocycles. The largest absolute Gasteiger partial charge is 0.369 e. The second-order valence-electron chi connectivity index (χ2n) is 8.66. The van der Waals surface area contributed by atoms with Crippen molar-refractivity contribution in [3.63, 3.8) is 0 Å². The van der Waals surface area contributed by atoms with Crippen LogP contribution >= 0.6 is 11.3 Å². The fraction of sp³-hybridized carbons (Fsp3) is 0.348. The zero-order valence-corrected chi connectivity index (χ0v) is 18.4. The van der Waals surface area contributed by atoms with Crippen LogP contribution in [0.15, 0.2) is 54.2 Å². The Morgan fingerprint density at radius 1 is 0.900 bits per heavy atom. The molecule has 0 saturated carbocycles. The second-order valence-corrected chi connectivity index (χ2v) is 9.61. The average Bonchev–Trinajstić information content (AvgIpc) is 3.43. The Morgan fingerprint density at radius 2 is 1.63 bits per heavy atom. The molecule has 0 radical (unpaired) electrons. The van der Waals surface area contributed by atoms with Crippen LogP contribution in [0.1, 0.15) is 20.8 Å². The van der Waals surface area contributed by atoms with Crippen LogP contribution in [0, 0.1) is 0 Å². The molecule has 6 nitrogen and oxygen atoms in total. The Bertz CT molecular complexity index is 1130. The highest BCUT2D eigenvalue weighted by Crippen LogP contribution is 2.25. The summed E-state index contributed by atoms with van der Waals surface area (Å²) in [5.41, 5.74) is 4.30. The minimum Gasteiger partial charge on any atom is -0.369 e. The molecule has 3 aromatic heterocycles. The van der Waals surface area contributed by atoms with Crippen molar-refractivity contribution in [2.24, 2.45) is 0 Å². The third-order valence-electron chi connectivity index (χ3n) is 5.75. The molecule has 0 bridgehead atoms. The summed E-state index contributed by atoms with van der Waals surface area (Å²) in [5, 5.41) is 6.60. The minimum atomic E-state index is 0.239. The molecule has 30 heavy (non-hydrogen) atoms. The topological polar surface area (TPSA) is 50.1 Å². The maximum absolute atomic E-state index is 4.68. The van der Waals surface area contributed by atoms with Crippen molar-refractivity contribution in [3.8, 4) is 16.4 Å². The van der Waals surface area contributed by atoms with E-state index in [4.69, 9.17) is 0 Å². The van der Waals surface area contributed by atoms with Gasteiger partial charge in [-0.15, -0.1) is 11.3 Å². The first-order valence-corrected chi connectivity index (χ1v) is 11.2. The third kappa shape index (κ3) is 3.59. The Morgan fingerprint density at radius 3 is 2.30 bits per heavy atom. The molecule has 0 atom stereocenters. The molecule has 1 aliphatic heterocycles. The number of anilines is 1. The number of hydrogen-bond acceptors (Lipinski definition) is 6. The summed E-state index contributed by atoms with van der Waals surface area (Å²) >= 11 is 1.64. The third-order valence-corrected chi connectivity index (χ3v) is 6.62. The van der Waals surface area contributed by atoms with Gasteiger partial charge in [0.15, 0.2) is 5.82 Å². The van der Waals surface area contributed by atoms with E-state index in [0.717, 1.165) is 53.6 Å². The SMILES string of the molecule is CC(C)(C)N1CCN(c2ccc(-n3ncc4nc(-c5cccs5)ncc43)cc2)CC1. The number of aromatic nitrogens is 4. The van der Waals surface area contributed by atoms with Crippen LogP contribution in [0.2, 0.25) is 0 Å². The maximum atomic E-state index is 4.68. The molecule has 0 unspecified atom stereocenters. The van der Waals surface area contributed by atoms with Crippen molar-refractivity contribution in [3.05, 3.63) is 54.2 Å². The first-order valence-electron chi connectivity index (χ1n) is 10.3. The van der Waals surface area contributed by atoms with E-state index in [0.29, 0.717) is 0 Å². The Labute approximate surface area is 180 Å². The number of nitrogens with zero attached hydrogens (tertiary/aromatic N) is 6. The number of rotatable bonds is 3. The van der Waals surface area contributed by atoms with E-state index >= 15 is 0 Å². The van der Waals surface area contributed by atoms with Gasteiger partial charge in [0.05, 0.1) is 23.0 Å².